The summed E-state index contributed by atoms with van der Waals surface area (Å²) in [5.41, 5.74) is -0.0116. The van der Waals surface area contributed by atoms with Gasteiger partial charge in [-0.3, -0.25) is 4.79 Å². The van der Waals surface area contributed by atoms with Crippen molar-refractivity contribution in [3.05, 3.63) is 10.6 Å². The first-order valence-corrected chi connectivity index (χ1v) is 7.22. The number of quaternary nitrogens is 1. The van der Waals surface area contributed by atoms with Gasteiger partial charge in [-0.25, -0.2) is 0 Å². The molecule has 1 N–H and O–H groups in total. The molecule has 2 rings (SSSR count). The number of amides is 1. The van der Waals surface area contributed by atoms with E-state index in [1.807, 2.05) is 11.0 Å². The van der Waals surface area contributed by atoms with Crippen LogP contribution in [0, 0.1) is 17.3 Å². The summed E-state index contributed by atoms with van der Waals surface area (Å²) in [5, 5.41) is 0. The molecule has 3 nitrogen and oxygen atoms in total. The van der Waals surface area contributed by atoms with Gasteiger partial charge in [0, 0.05) is 0 Å². The quantitative estimate of drug-likeness (QED) is 0.805. The maximum absolute atomic E-state index is 12.5. The molecule has 1 saturated heterocycles. The van der Waals surface area contributed by atoms with Crippen molar-refractivity contribution in [2.24, 2.45) is 17.3 Å². The lowest BCUT2D eigenvalue weighted by molar-refractivity contribution is -0.883. The Balaban J connectivity index is 2.00. The van der Waals surface area contributed by atoms with E-state index >= 15 is 0 Å². The summed E-state index contributed by atoms with van der Waals surface area (Å²) in [6.45, 7) is 8.01. The summed E-state index contributed by atoms with van der Waals surface area (Å²) in [5.74, 6) is 0.494. The van der Waals surface area contributed by atoms with Gasteiger partial charge in [-0.15, -0.1) is 0 Å². The highest BCUT2D eigenvalue weighted by atomic mass is 35.5. The number of nitrogens with zero attached hydrogens (tertiary/aromatic N) is 1. The summed E-state index contributed by atoms with van der Waals surface area (Å²) in [6.07, 6.45) is 1.81. The van der Waals surface area contributed by atoms with Gasteiger partial charge in [-0.1, -0.05) is 37.0 Å². The Labute approximate surface area is 119 Å². The summed E-state index contributed by atoms with van der Waals surface area (Å²) in [6, 6.07) is 0. The first-order chi connectivity index (χ1) is 8.34. The number of hydrogen-bond acceptors (Lipinski definition) is 1. The zero-order valence-electron chi connectivity index (χ0n) is 11.2. The van der Waals surface area contributed by atoms with Crippen LogP contribution >= 0.6 is 23.2 Å². The van der Waals surface area contributed by atoms with Crippen LogP contribution in [0.5, 0.6) is 0 Å². The third-order valence-corrected chi connectivity index (χ3v) is 4.66. The van der Waals surface area contributed by atoms with Crippen LogP contribution in [-0.2, 0) is 4.79 Å². The number of likely N-dealkylation sites (N-methyl/N-ethyl adjacent to an activating group) is 1. The Hall–Kier alpha value is -0.250. The van der Waals surface area contributed by atoms with Gasteiger partial charge in [0.05, 0.1) is 39.1 Å². The minimum Gasteiger partial charge on any atom is -0.334 e. The molecule has 1 amide bonds. The van der Waals surface area contributed by atoms with Gasteiger partial charge >= 0.3 is 0 Å². The number of piperazine rings is 1. The molecule has 2 aliphatic rings. The van der Waals surface area contributed by atoms with E-state index in [1.54, 1.807) is 0 Å². The van der Waals surface area contributed by atoms with E-state index in [0.717, 1.165) is 26.2 Å². The van der Waals surface area contributed by atoms with Crippen LogP contribution in [0.4, 0.5) is 0 Å². The van der Waals surface area contributed by atoms with Crippen molar-refractivity contribution in [1.82, 2.24) is 4.90 Å². The van der Waals surface area contributed by atoms with Gasteiger partial charge in [0.15, 0.2) is 0 Å². The maximum atomic E-state index is 12.5. The Morgan fingerprint density at radius 3 is 2.39 bits per heavy atom. The lowest BCUT2D eigenvalue weighted by Crippen LogP contribution is -3.12. The van der Waals surface area contributed by atoms with Crippen LogP contribution in [-0.4, -0.2) is 44.0 Å². The second-order valence-electron chi connectivity index (χ2n) is 6.06. The fraction of sp³-hybridized carbons (Fsp3) is 0.769. The maximum Gasteiger partial charge on any atom is 0.227 e. The molecule has 1 aliphatic heterocycles. The van der Waals surface area contributed by atoms with Crippen molar-refractivity contribution < 1.29 is 9.69 Å². The van der Waals surface area contributed by atoms with Crippen LogP contribution in [0.3, 0.4) is 0 Å². The van der Waals surface area contributed by atoms with Gasteiger partial charge in [0.1, 0.15) is 4.49 Å². The smallest absolute Gasteiger partial charge is 0.227 e. The highest BCUT2D eigenvalue weighted by Gasteiger charge is 2.61. The van der Waals surface area contributed by atoms with E-state index in [-0.39, 0.29) is 27.6 Å². The first kappa shape index (κ1) is 14.2. The number of carbonyl (C=O) groups is 1. The third-order valence-electron chi connectivity index (χ3n) is 4.41. The molecule has 2 atom stereocenters. The van der Waals surface area contributed by atoms with E-state index in [9.17, 15) is 4.79 Å². The van der Waals surface area contributed by atoms with Crippen LogP contribution in [0.25, 0.3) is 0 Å². The Morgan fingerprint density at radius 1 is 1.33 bits per heavy atom. The lowest BCUT2D eigenvalue weighted by atomic mass is 10.1. The lowest BCUT2D eigenvalue weighted by Gasteiger charge is -2.30. The highest BCUT2D eigenvalue weighted by molar-refractivity contribution is 6.55. The molecular formula is C13H21Cl2N2O+. The summed E-state index contributed by atoms with van der Waals surface area (Å²) < 4.78 is 0.270. The van der Waals surface area contributed by atoms with Crippen molar-refractivity contribution >= 4 is 29.1 Å². The Bertz CT molecular complexity index is 369. The van der Waals surface area contributed by atoms with E-state index in [0.29, 0.717) is 0 Å². The van der Waals surface area contributed by atoms with E-state index in [4.69, 9.17) is 23.2 Å². The number of rotatable bonds is 2. The molecule has 0 aromatic heterocycles. The van der Waals surface area contributed by atoms with E-state index < -0.39 is 0 Å². The van der Waals surface area contributed by atoms with Crippen molar-refractivity contribution in [1.29, 1.82) is 0 Å². The molecule has 2 fully saturated rings. The molecule has 5 heteroatoms. The highest BCUT2D eigenvalue weighted by Crippen LogP contribution is 2.60. The van der Waals surface area contributed by atoms with Crippen LogP contribution in [0.2, 0.25) is 0 Å². The van der Waals surface area contributed by atoms with Crippen LogP contribution < -0.4 is 4.90 Å². The second-order valence-corrected chi connectivity index (χ2v) is 7.07. The number of carbonyl (C=O) groups excluding carboxylic acids is 1. The molecule has 0 spiro atoms. The fourth-order valence-corrected chi connectivity index (χ4v) is 3.17. The largest absolute Gasteiger partial charge is 0.334 e. The SMILES string of the molecule is C[NH+]1CCN(C(=O)[C@H]2[C@H](C=C(Cl)Cl)C2(C)C)CC1. The average molecular weight is 292 g/mol. The zero-order valence-corrected chi connectivity index (χ0v) is 12.7. The minimum absolute atomic E-state index is 0.0116. The van der Waals surface area contributed by atoms with Gasteiger partial charge in [0.25, 0.3) is 0 Å². The predicted octanol–water partition coefficient (Wildman–Crippen LogP) is 0.935. The fourth-order valence-electron chi connectivity index (χ4n) is 2.90. The molecule has 0 bridgehead atoms. The van der Waals surface area contributed by atoms with Gasteiger partial charge in [0.2, 0.25) is 5.91 Å². The molecular weight excluding hydrogens is 271 g/mol. The van der Waals surface area contributed by atoms with Crippen molar-refractivity contribution in [2.75, 3.05) is 33.2 Å². The number of halogens is 2. The predicted molar refractivity (Wildman–Crippen MR) is 73.8 cm³/mol. The Morgan fingerprint density at radius 2 is 1.89 bits per heavy atom. The van der Waals surface area contributed by atoms with E-state index in [1.165, 1.54) is 4.90 Å². The molecule has 0 radical (unpaired) electrons. The summed E-state index contributed by atoms with van der Waals surface area (Å²) in [7, 11) is 2.17. The first-order valence-electron chi connectivity index (χ1n) is 6.47. The summed E-state index contributed by atoms with van der Waals surface area (Å²) >= 11 is 11.4. The van der Waals surface area contributed by atoms with Crippen molar-refractivity contribution in [3.63, 3.8) is 0 Å². The number of nitrogens with one attached hydrogen (secondary N) is 1. The molecule has 1 saturated carbocycles. The molecule has 0 aromatic carbocycles. The monoisotopic (exact) mass is 291 g/mol. The van der Waals surface area contributed by atoms with Crippen LogP contribution in [0.1, 0.15) is 13.8 Å². The molecule has 1 heterocycles. The van der Waals surface area contributed by atoms with Gasteiger partial charge in [-0.2, -0.15) is 0 Å². The molecule has 18 heavy (non-hydrogen) atoms. The molecule has 102 valence electrons. The van der Waals surface area contributed by atoms with Crippen molar-refractivity contribution in [3.8, 4) is 0 Å². The van der Waals surface area contributed by atoms with E-state index in [2.05, 4.69) is 20.9 Å². The van der Waals surface area contributed by atoms with Crippen molar-refractivity contribution in [2.45, 2.75) is 13.8 Å². The van der Waals surface area contributed by atoms with Gasteiger partial charge in [-0.05, 0) is 17.4 Å². The van der Waals surface area contributed by atoms with Gasteiger partial charge < -0.3 is 9.80 Å². The number of allylic oxidation sites excluding steroid dienone is 1. The van der Waals surface area contributed by atoms with Crippen LogP contribution in [0.15, 0.2) is 10.6 Å². The minimum atomic E-state index is -0.0116. The molecule has 0 unspecified atom stereocenters. The normalized spacial score (nSPS) is 31.1. The molecule has 1 aliphatic carbocycles. The zero-order chi connectivity index (χ0) is 13.5. The summed E-state index contributed by atoms with van der Waals surface area (Å²) in [4.78, 5) is 16.0. The topological polar surface area (TPSA) is 24.8 Å². The Kier molecular flexibility index (Phi) is 3.96. The second kappa shape index (κ2) is 5.03. The number of hydrogen-bond donors (Lipinski definition) is 1. The standard InChI is InChI=1S/C13H20Cl2N2O/c1-13(2)9(8-10(14)15)11(13)12(18)17-6-4-16(3)5-7-17/h8-9,11H,4-7H2,1-3H3/p+1/t9-,11+/m0/s1. The average Bonchev–Trinajstić information content (AvgIpc) is 2.79. The molecule has 0 aromatic rings. The third kappa shape index (κ3) is 2.68.